The molecular formula is C8H17N5O4S2. The Labute approximate surface area is 112 Å². The third-order valence-electron chi connectivity index (χ3n) is 2.19. The number of anilines is 1. The van der Waals surface area contributed by atoms with E-state index >= 15 is 0 Å². The third kappa shape index (κ3) is 4.16. The first-order chi connectivity index (χ1) is 8.69. The van der Waals surface area contributed by atoms with Crippen LogP contribution in [0.3, 0.4) is 0 Å². The van der Waals surface area contributed by atoms with Crippen LogP contribution in [0.1, 0.15) is 6.92 Å². The zero-order valence-electron chi connectivity index (χ0n) is 10.6. The minimum Gasteiger partial charge on any atom is -0.381 e. The minimum atomic E-state index is -3.88. The Bertz CT molecular complexity index is 615. The van der Waals surface area contributed by atoms with Crippen molar-refractivity contribution in [1.29, 1.82) is 0 Å². The summed E-state index contributed by atoms with van der Waals surface area (Å²) in [7, 11) is -5.88. The van der Waals surface area contributed by atoms with Gasteiger partial charge in [0, 0.05) is 20.1 Å². The molecule has 9 nitrogen and oxygen atoms in total. The lowest BCUT2D eigenvalue weighted by Crippen LogP contribution is -2.35. The maximum Gasteiger partial charge on any atom is 0.260 e. The van der Waals surface area contributed by atoms with E-state index in [2.05, 4.69) is 14.4 Å². The molecule has 0 atom stereocenters. The zero-order chi connectivity index (χ0) is 14.7. The first-order valence-corrected chi connectivity index (χ1v) is 8.57. The van der Waals surface area contributed by atoms with Crippen LogP contribution in [0.25, 0.3) is 0 Å². The Balaban J connectivity index is 2.73. The van der Waals surface area contributed by atoms with Crippen LogP contribution < -0.4 is 15.2 Å². The highest BCUT2D eigenvalue weighted by Gasteiger charge is 2.22. The van der Waals surface area contributed by atoms with Crippen molar-refractivity contribution in [1.82, 2.24) is 19.0 Å². The summed E-state index contributed by atoms with van der Waals surface area (Å²) in [5.74, 6) is -0.484. The lowest BCUT2D eigenvalue weighted by molar-refractivity contribution is 0.570. The molecule has 0 saturated carbocycles. The molecule has 0 aromatic carbocycles. The van der Waals surface area contributed by atoms with E-state index in [4.69, 9.17) is 5.73 Å². The van der Waals surface area contributed by atoms with Crippen LogP contribution in [0.4, 0.5) is 5.82 Å². The molecule has 1 aromatic rings. The number of imidazole rings is 1. The molecule has 11 heteroatoms. The van der Waals surface area contributed by atoms with Crippen molar-refractivity contribution in [2.75, 3.05) is 24.6 Å². The van der Waals surface area contributed by atoms with E-state index in [9.17, 15) is 16.8 Å². The Hall–Kier alpha value is -1.17. The van der Waals surface area contributed by atoms with Gasteiger partial charge in [0.25, 0.3) is 10.0 Å². The van der Waals surface area contributed by atoms with Gasteiger partial charge in [0.1, 0.15) is 0 Å². The number of nitrogens with zero attached hydrogens (tertiary/aromatic N) is 2. The topological polar surface area (TPSA) is 136 Å². The highest BCUT2D eigenvalue weighted by Crippen LogP contribution is 2.14. The van der Waals surface area contributed by atoms with Gasteiger partial charge in [-0.15, -0.1) is 0 Å². The van der Waals surface area contributed by atoms with Crippen molar-refractivity contribution in [3.63, 3.8) is 0 Å². The summed E-state index contributed by atoms with van der Waals surface area (Å²) in [5.41, 5.74) is 5.45. The lowest BCUT2D eigenvalue weighted by Gasteiger charge is -2.08. The number of hydrogen-bond acceptors (Lipinski definition) is 6. The van der Waals surface area contributed by atoms with Gasteiger partial charge in [0.05, 0.1) is 12.1 Å². The summed E-state index contributed by atoms with van der Waals surface area (Å²) in [6, 6.07) is 0. The largest absolute Gasteiger partial charge is 0.381 e. The maximum atomic E-state index is 11.9. The van der Waals surface area contributed by atoms with Gasteiger partial charge in [-0.3, -0.25) is 0 Å². The second kappa shape index (κ2) is 5.86. The summed E-state index contributed by atoms with van der Waals surface area (Å²) in [6.45, 7) is 1.64. The van der Waals surface area contributed by atoms with Gasteiger partial charge in [0.2, 0.25) is 10.0 Å². The number of nitrogens with two attached hydrogens (primary N) is 1. The van der Waals surface area contributed by atoms with Crippen LogP contribution in [0.2, 0.25) is 0 Å². The van der Waals surface area contributed by atoms with E-state index in [0.717, 1.165) is 0 Å². The molecule has 1 heterocycles. The predicted octanol–water partition coefficient (Wildman–Crippen LogP) is -1.78. The average molecular weight is 311 g/mol. The monoisotopic (exact) mass is 311 g/mol. The van der Waals surface area contributed by atoms with Crippen molar-refractivity contribution in [2.24, 2.45) is 7.05 Å². The number of hydrogen-bond donors (Lipinski definition) is 3. The van der Waals surface area contributed by atoms with E-state index in [1.165, 1.54) is 17.9 Å². The van der Waals surface area contributed by atoms with Gasteiger partial charge in [-0.25, -0.2) is 31.3 Å². The molecule has 0 bridgehead atoms. The normalized spacial score (nSPS) is 12.7. The zero-order valence-corrected chi connectivity index (χ0v) is 12.3. The number of rotatable bonds is 7. The standard InChI is InChI=1S/C8H17N5O4S2/c1-3-11-18(14,15)5-4-12-19(16,17)8-7(9)10-6-13(8)2/h6,11-12H,3-5,9H2,1-2H3. The van der Waals surface area contributed by atoms with Crippen LogP contribution in [0.15, 0.2) is 11.4 Å². The number of aryl methyl sites for hydroxylation is 1. The molecule has 110 valence electrons. The molecule has 0 aliphatic rings. The van der Waals surface area contributed by atoms with Gasteiger partial charge < -0.3 is 10.3 Å². The minimum absolute atomic E-state index is 0.135. The smallest absolute Gasteiger partial charge is 0.260 e. The first kappa shape index (κ1) is 15.9. The summed E-state index contributed by atoms with van der Waals surface area (Å²) in [5, 5.41) is -0.187. The summed E-state index contributed by atoms with van der Waals surface area (Å²) in [4.78, 5) is 3.66. The Kier molecular flexibility index (Phi) is 4.90. The Morgan fingerprint density at radius 2 is 1.95 bits per heavy atom. The average Bonchev–Trinajstić information content (AvgIpc) is 2.58. The maximum absolute atomic E-state index is 11.9. The van der Waals surface area contributed by atoms with E-state index in [1.54, 1.807) is 6.92 Å². The van der Waals surface area contributed by atoms with E-state index in [1.807, 2.05) is 0 Å². The van der Waals surface area contributed by atoms with E-state index in [-0.39, 0.29) is 29.7 Å². The van der Waals surface area contributed by atoms with Gasteiger partial charge in [-0.1, -0.05) is 6.92 Å². The van der Waals surface area contributed by atoms with Gasteiger partial charge in [0.15, 0.2) is 10.8 Å². The van der Waals surface area contributed by atoms with Crippen molar-refractivity contribution >= 4 is 25.9 Å². The fourth-order valence-corrected chi connectivity index (χ4v) is 3.78. The quantitative estimate of drug-likeness (QED) is 0.544. The molecule has 0 fully saturated rings. The summed E-state index contributed by atoms with van der Waals surface area (Å²) >= 11 is 0. The van der Waals surface area contributed by atoms with Crippen LogP contribution in [0.5, 0.6) is 0 Å². The molecule has 0 unspecified atom stereocenters. The predicted molar refractivity (Wildman–Crippen MR) is 70.3 cm³/mol. The Morgan fingerprint density at radius 3 is 2.42 bits per heavy atom. The molecule has 4 N–H and O–H groups in total. The second-order valence-electron chi connectivity index (χ2n) is 3.76. The van der Waals surface area contributed by atoms with Crippen LogP contribution in [0, 0.1) is 0 Å². The molecule has 1 aromatic heterocycles. The van der Waals surface area contributed by atoms with Gasteiger partial charge >= 0.3 is 0 Å². The van der Waals surface area contributed by atoms with E-state index < -0.39 is 20.0 Å². The molecule has 0 aliphatic heterocycles. The van der Waals surface area contributed by atoms with Crippen molar-refractivity contribution in [3.8, 4) is 0 Å². The number of nitrogens with one attached hydrogen (secondary N) is 2. The molecule has 0 spiro atoms. The molecule has 0 amide bonds. The lowest BCUT2D eigenvalue weighted by atomic mass is 10.8. The van der Waals surface area contributed by atoms with E-state index in [0.29, 0.717) is 0 Å². The summed E-state index contributed by atoms with van der Waals surface area (Å²) in [6.07, 6.45) is 1.26. The fourth-order valence-electron chi connectivity index (χ4n) is 1.44. The van der Waals surface area contributed by atoms with Crippen molar-refractivity contribution < 1.29 is 16.8 Å². The van der Waals surface area contributed by atoms with Crippen LogP contribution in [-0.4, -0.2) is 45.2 Å². The number of nitrogen functional groups attached to an aromatic ring is 1. The second-order valence-corrected chi connectivity index (χ2v) is 7.37. The first-order valence-electron chi connectivity index (χ1n) is 5.43. The van der Waals surface area contributed by atoms with Crippen molar-refractivity contribution in [2.45, 2.75) is 11.9 Å². The van der Waals surface area contributed by atoms with Gasteiger partial charge in [-0.2, -0.15) is 0 Å². The summed E-state index contributed by atoms with van der Waals surface area (Å²) < 4.78 is 52.2. The Morgan fingerprint density at radius 1 is 1.32 bits per heavy atom. The molecule has 0 radical (unpaired) electrons. The molecule has 19 heavy (non-hydrogen) atoms. The number of sulfonamides is 2. The highest BCUT2D eigenvalue weighted by atomic mass is 32.2. The molecule has 1 rings (SSSR count). The van der Waals surface area contributed by atoms with Crippen LogP contribution >= 0.6 is 0 Å². The highest BCUT2D eigenvalue weighted by molar-refractivity contribution is 7.90. The van der Waals surface area contributed by atoms with Crippen LogP contribution in [-0.2, 0) is 27.1 Å². The van der Waals surface area contributed by atoms with Gasteiger partial charge in [-0.05, 0) is 0 Å². The molecular weight excluding hydrogens is 294 g/mol. The van der Waals surface area contributed by atoms with Crippen molar-refractivity contribution in [3.05, 3.63) is 6.33 Å². The third-order valence-corrected chi connectivity index (χ3v) is 5.25. The fraction of sp³-hybridized carbons (Fsp3) is 0.625. The number of aromatic nitrogens is 2. The molecule has 0 saturated heterocycles. The SMILES string of the molecule is CCNS(=O)(=O)CCNS(=O)(=O)c1c(N)ncn1C. The molecule has 0 aliphatic carbocycles.